The van der Waals surface area contributed by atoms with E-state index >= 15 is 0 Å². The van der Waals surface area contributed by atoms with Crippen molar-refractivity contribution in [2.24, 2.45) is 5.73 Å². The number of rotatable bonds is 4. The van der Waals surface area contributed by atoms with Gasteiger partial charge in [0.1, 0.15) is 0 Å². The lowest BCUT2D eigenvalue weighted by Crippen LogP contribution is -2.46. The fraction of sp³-hybridized carbons (Fsp3) is 0.583. The van der Waals surface area contributed by atoms with Gasteiger partial charge < -0.3 is 16.0 Å². The maximum Gasteiger partial charge on any atom is 0.240 e. The molecule has 88 valence electrons. The quantitative estimate of drug-likeness (QED) is 0.707. The molecule has 1 aliphatic carbocycles. The smallest absolute Gasteiger partial charge is 0.240 e. The van der Waals surface area contributed by atoms with Crippen LogP contribution in [0.2, 0.25) is 0 Å². The minimum absolute atomic E-state index is 0.0175. The largest absolute Gasteiger partial charge is 0.367 e. The summed E-state index contributed by atoms with van der Waals surface area (Å²) in [5.74, 6) is -0.0175. The molecule has 4 heteroatoms. The molecule has 1 heterocycles. The van der Waals surface area contributed by atoms with Crippen LogP contribution in [0.1, 0.15) is 32.3 Å². The maximum absolute atomic E-state index is 11.7. The monoisotopic (exact) mass is 221 g/mol. The van der Waals surface area contributed by atoms with Crippen molar-refractivity contribution in [3.63, 3.8) is 0 Å². The van der Waals surface area contributed by atoms with Crippen molar-refractivity contribution in [1.29, 1.82) is 0 Å². The van der Waals surface area contributed by atoms with E-state index in [-0.39, 0.29) is 11.3 Å². The lowest BCUT2D eigenvalue weighted by Gasteiger charge is -2.25. The second kappa shape index (κ2) is 3.63. The van der Waals surface area contributed by atoms with Gasteiger partial charge in [0, 0.05) is 24.4 Å². The van der Waals surface area contributed by atoms with E-state index in [0.717, 1.165) is 12.8 Å². The van der Waals surface area contributed by atoms with Crippen molar-refractivity contribution in [2.45, 2.75) is 37.6 Å². The van der Waals surface area contributed by atoms with Gasteiger partial charge in [-0.2, -0.15) is 0 Å². The zero-order valence-corrected chi connectivity index (χ0v) is 9.84. The molecule has 0 atom stereocenters. The van der Waals surface area contributed by atoms with E-state index in [1.165, 1.54) is 5.56 Å². The predicted molar refractivity (Wildman–Crippen MR) is 63.0 cm³/mol. The van der Waals surface area contributed by atoms with Crippen molar-refractivity contribution < 1.29 is 4.79 Å². The average Bonchev–Trinajstić information content (AvgIpc) is 2.80. The molecule has 4 N–H and O–H groups in total. The molecule has 0 aromatic carbocycles. The third-order valence-electron chi connectivity index (χ3n) is 3.31. The van der Waals surface area contributed by atoms with Crippen molar-refractivity contribution in [1.82, 2.24) is 10.3 Å². The first-order chi connectivity index (χ1) is 7.44. The maximum atomic E-state index is 11.7. The molecule has 1 aromatic heterocycles. The third-order valence-corrected chi connectivity index (χ3v) is 3.31. The molecule has 1 aliphatic rings. The Kier molecular flexibility index (Phi) is 2.54. The van der Waals surface area contributed by atoms with Crippen LogP contribution in [0.3, 0.4) is 0 Å². The molecule has 1 fully saturated rings. The van der Waals surface area contributed by atoms with Crippen LogP contribution >= 0.6 is 0 Å². The van der Waals surface area contributed by atoms with Crippen molar-refractivity contribution in [3.8, 4) is 0 Å². The fourth-order valence-corrected chi connectivity index (χ4v) is 1.69. The van der Waals surface area contributed by atoms with Gasteiger partial charge in [-0.05, 0) is 24.5 Å². The Morgan fingerprint density at radius 3 is 2.81 bits per heavy atom. The van der Waals surface area contributed by atoms with Crippen LogP contribution in [0.25, 0.3) is 0 Å². The lowest BCUT2D eigenvalue weighted by molar-refractivity contribution is -0.123. The van der Waals surface area contributed by atoms with Gasteiger partial charge in [-0.15, -0.1) is 0 Å². The molecular formula is C12H19N3O. The summed E-state index contributed by atoms with van der Waals surface area (Å²) in [5.41, 5.74) is 6.37. The molecule has 0 aliphatic heterocycles. The highest BCUT2D eigenvalue weighted by Gasteiger charge is 2.46. The van der Waals surface area contributed by atoms with Crippen LogP contribution in [0.15, 0.2) is 18.5 Å². The molecule has 0 saturated heterocycles. The third kappa shape index (κ3) is 2.11. The summed E-state index contributed by atoms with van der Waals surface area (Å²) < 4.78 is 0. The summed E-state index contributed by atoms with van der Waals surface area (Å²) in [6.45, 7) is 4.82. The van der Waals surface area contributed by atoms with E-state index in [4.69, 9.17) is 5.73 Å². The van der Waals surface area contributed by atoms with Crippen LogP contribution in [0.4, 0.5) is 0 Å². The number of hydrogen-bond donors (Lipinski definition) is 3. The summed E-state index contributed by atoms with van der Waals surface area (Å²) in [6, 6.07) is 2.03. The van der Waals surface area contributed by atoms with E-state index in [1.54, 1.807) is 0 Å². The minimum atomic E-state index is -0.575. The Hall–Kier alpha value is -1.29. The topological polar surface area (TPSA) is 70.9 Å². The molecule has 2 rings (SSSR count). The Bertz CT molecular complexity index is 377. The van der Waals surface area contributed by atoms with E-state index in [2.05, 4.69) is 24.1 Å². The highest BCUT2D eigenvalue weighted by Crippen LogP contribution is 2.32. The Balaban J connectivity index is 1.92. The van der Waals surface area contributed by atoms with Gasteiger partial charge in [-0.1, -0.05) is 13.8 Å². The average molecular weight is 221 g/mol. The second-order valence-electron chi connectivity index (χ2n) is 5.32. The summed E-state index contributed by atoms with van der Waals surface area (Å²) in [4.78, 5) is 14.7. The van der Waals surface area contributed by atoms with Crippen LogP contribution in [0, 0.1) is 0 Å². The Morgan fingerprint density at radius 2 is 2.31 bits per heavy atom. The van der Waals surface area contributed by atoms with Crippen LogP contribution < -0.4 is 11.1 Å². The number of H-pyrrole nitrogens is 1. The fourth-order valence-electron chi connectivity index (χ4n) is 1.69. The molecule has 0 radical (unpaired) electrons. The highest BCUT2D eigenvalue weighted by atomic mass is 16.2. The molecule has 0 spiro atoms. The standard InChI is InChI=1S/C12H19N3O/c1-11(2,9-3-6-14-7-9)8-15-10(16)12(13)4-5-12/h3,6-7,14H,4-5,8,13H2,1-2H3,(H,15,16). The molecule has 4 nitrogen and oxygen atoms in total. The van der Waals surface area contributed by atoms with Gasteiger partial charge in [0.05, 0.1) is 5.54 Å². The van der Waals surface area contributed by atoms with Gasteiger partial charge in [0.15, 0.2) is 0 Å². The van der Waals surface area contributed by atoms with Crippen LogP contribution in [-0.2, 0) is 10.2 Å². The van der Waals surface area contributed by atoms with E-state index in [9.17, 15) is 4.79 Å². The van der Waals surface area contributed by atoms with Crippen LogP contribution in [-0.4, -0.2) is 23.0 Å². The molecule has 1 amide bonds. The summed E-state index contributed by atoms with van der Waals surface area (Å²) in [7, 11) is 0. The number of aromatic amines is 1. The van der Waals surface area contributed by atoms with E-state index in [1.807, 2.05) is 18.5 Å². The van der Waals surface area contributed by atoms with Crippen molar-refractivity contribution in [3.05, 3.63) is 24.0 Å². The molecule has 1 aromatic rings. The number of carbonyl (C=O) groups excluding carboxylic acids is 1. The number of aromatic nitrogens is 1. The minimum Gasteiger partial charge on any atom is -0.367 e. The molecule has 16 heavy (non-hydrogen) atoms. The summed E-state index contributed by atoms with van der Waals surface area (Å²) >= 11 is 0. The first-order valence-corrected chi connectivity index (χ1v) is 5.65. The Morgan fingerprint density at radius 1 is 1.62 bits per heavy atom. The van der Waals surface area contributed by atoms with Gasteiger partial charge in [0.2, 0.25) is 5.91 Å². The summed E-state index contributed by atoms with van der Waals surface area (Å²) in [5, 5.41) is 2.94. The zero-order valence-electron chi connectivity index (χ0n) is 9.84. The highest BCUT2D eigenvalue weighted by molar-refractivity contribution is 5.89. The Labute approximate surface area is 95.6 Å². The number of nitrogens with two attached hydrogens (primary N) is 1. The summed E-state index contributed by atoms with van der Waals surface area (Å²) in [6.07, 6.45) is 5.47. The van der Waals surface area contributed by atoms with Gasteiger partial charge in [0.25, 0.3) is 0 Å². The van der Waals surface area contributed by atoms with E-state index in [0.29, 0.717) is 6.54 Å². The van der Waals surface area contributed by atoms with E-state index < -0.39 is 5.54 Å². The predicted octanol–water partition coefficient (Wildman–Crippen LogP) is 0.900. The van der Waals surface area contributed by atoms with Crippen molar-refractivity contribution >= 4 is 5.91 Å². The van der Waals surface area contributed by atoms with Gasteiger partial charge in [-0.3, -0.25) is 4.79 Å². The molecule has 0 unspecified atom stereocenters. The molecule has 0 bridgehead atoms. The van der Waals surface area contributed by atoms with Gasteiger partial charge in [-0.25, -0.2) is 0 Å². The lowest BCUT2D eigenvalue weighted by atomic mass is 9.86. The second-order valence-corrected chi connectivity index (χ2v) is 5.32. The van der Waals surface area contributed by atoms with Gasteiger partial charge >= 0.3 is 0 Å². The SMILES string of the molecule is CC(C)(CNC(=O)C1(N)CC1)c1cc[nH]c1. The number of nitrogens with one attached hydrogen (secondary N) is 2. The normalized spacial score (nSPS) is 18.2. The number of hydrogen-bond acceptors (Lipinski definition) is 2. The first kappa shape index (κ1) is 11.2. The van der Waals surface area contributed by atoms with Crippen molar-refractivity contribution in [2.75, 3.05) is 6.54 Å². The number of carbonyl (C=O) groups is 1. The van der Waals surface area contributed by atoms with Crippen LogP contribution in [0.5, 0.6) is 0 Å². The zero-order chi connectivity index (χ0) is 11.8. The first-order valence-electron chi connectivity index (χ1n) is 5.65. The molecular weight excluding hydrogens is 202 g/mol. The molecule has 1 saturated carbocycles. The number of amides is 1.